The van der Waals surface area contributed by atoms with E-state index in [9.17, 15) is 0 Å². The van der Waals surface area contributed by atoms with Crippen LogP contribution in [0.25, 0.3) is 0 Å². The molecule has 0 amide bonds. The van der Waals surface area contributed by atoms with E-state index in [2.05, 4.69) is 34.1 Å². The fraction of sp³-hybridized carbons (Fsp3) is 0.261. The van der Waals surface area contributed by atoms with Gasteiger partial charge in [-0.3, -0.25) is 0 Å². The molecule has 6 nitrogen and oxygen atoms in total. The molecule has 8 heteroatoms. The summed E-state index contributed by atoms with van der Waals surface area (Å²) in [4.78, 5) is 1.15. The van der Waals surface area contributed by atoms with E-state index in [0.717, 1.165) is 37.7 Å². The molecule has 31 heavy (non-hydrogen) atoms. The second kappa shape index (κ2) is 8.09. The Balaban J connectivity index is 1.64. The highest BCUT2D eigenvalue weighted by atomic mass is 79.9. The topological polar surface area (TPSA) is 52.5 Å². The van der Waals surface area contributed by atoms with E-state index in [1.165, 1.54) is 0 Å². The zero-order chi connectivity index (χ0) is 21.5. The molecule has 2 atom stereocenters. The maximum atomic E-state index is 6.47. The summed E-state index contributed by atoms with van der Waals surface area (Å²) in [5.74, 6) is 2.57. The largest absolute Gasteiger partial charge is 0.493 e. The number of hydrogen-bond acceptors (Lipinski definition) is 7. The van der Waals surface area contributed by atoms with E-state index in [1.807, 2.05) is 35.3 Å². The van der Waals surface area contributed by atoms with E-state index >= 15 is 0 Å². The SMILES string of the molecule is COc1ccc([C@@H]2Oc3ccccc3[C@@H]3CC(c4ccc(Br)s4)=NN32)c(OC)c1OC. The van der Waals surface area contributed by atoms with Gasteiger partial charge in [0.15, 0.2) is 11.5 Å². The van der Waals surface area contributed by atoms with Crippen LogP contribution in [0.3, 0.4) is 0 Å². The molecule has 0 saturated carbocycles. The number of rotatable bonds is 5. The van der Waals surface area contributed by atoms with Crippen LogP contribution in [-0.4, -0.2) is 32.0 Å². The van der Waals surface area contributed by atoms with Crippen LogP contribution < -0.4 is 18.9 Å². The second-order valence-corrected chi connectivity index (χ2v) is 9.64. The summed E-state index contributed by atoms with van der Waals surface area (Å²) in [6.07, 6.45) is 0.343. The van der Waals surface area contributed by atoms with E-state index < -0.39 is 6.23 Å². The molecule has 2 aliphatic heterocycles. The first kappa shape index (κ1) is 20.2. The average Bonchev–Trinajstić information content (AvgIpc) is 3.44. The summed E-state index contributed by atoms with van der Waals surface area (Å²) in [6.45, 7) is 0. The Morgan fingerprint density at radius 2 is 1.77 bits per heavy atom. The molecule has 160 valence electrons. The summed E-state index contributed by atoms with van der Waals surface area (Å²) in [7, 11) is 4.83. The van der Waals surface area contributed by atoms with E-state index in [0.29, 0.717) is 17.2 Å². The number of para-hydroxylation sites is 1. The molecule has 2 aromatic carbocycles. The number of hydrogen-bond donors (Lipinski definition) is 0. The summed E-state index contributed by atoms with van der Waals surface area (Å²) in [5.41, 5.74) is 3.01. The first-order chi connectivity index (χ1) is 15.1. The zero-order valence-electron chi connectivity index (χ0n) is 17.3. The van der Waals surface area contributed by atoms with Crippen molar-refractivity contribution in [3.8, 4) is 23.0 Å². The van der Waals surface area contributed by atoms with Crippen molar-refractivity contribution in [3.63, 3.8) is 0 Å². The minimum Gasteiger partial charge on any atom is -0.493 e. The van der Waals surface area contributed by atoms with Crippen LogP contribution in [0.2, 0.25) is 0 Å². The minimum absolute atomic E-state index is 0.0728. The Morgan fingerprint density at radius 3 is 2.48 bits per heavy atom. The molecule has 0 unspecified atom stereocenters. The van der Waals surface area contributed by atoms with Crippen LogP contribution in [0.15, 0.2) is 57.4 Å². The van der Waals surface area contributed by atoms with Crippen molar-refractivity contribution in [2.75, 3.05) is 21.3 Å². The second-order valence-electron chi connectivity index (χ2n) is 7.18. The van der Waals surface area contributed by atoms with Gasteiger partial charge >= 0.3 is 0 Å². The van der Waals surface area contributed by atoms with Crippen LogP contribution in [-0.2, 0) is 0 Å². The Kier molecular flexibility index (Phi) is 5.27. The van der Waals surface area contributed by atoms with Crippen molar-refractivity contribution in [2.45, 2.75) is 18.7 Å². The van der Waals surface area contributed by atoms with Crippen LogP contribution >= 0.6 is 27.3 Å². The Labute approximate surface area is 193 Å². The van der Waals surface area contributed by atoms with Crippen LogP contribution in [0.4, 0.5) is 0 Å². The third-order valence-corrected chi connectivity index (χ3v) is 7.23. The van der Waals surface area contributed by atoms with Gasteiger partial charge in [0.25, 0.3) is 0 Å². The van der Waals surface area contributed by atoms with E-state index in [1.54, 1.807) is 32.7 Å². The van der Waals surface area contributed by atoms with Crippen LogP contribution in [0.5, 0.6) is 23.0 Å². The van der Waals surface area contributed by atoms with E-state index in [-0.39, 0.29) is 6.04 Å². The smallest absolute Gasteiger partial charge is 0.217 e. The van der Waals surface area contributed by atoms with Gasteiger partial charge in [-0.1, -0.05) is 18.2 Å². The number of thiophene rings is 1. The fourth-order valence-corrected chi connectivity index (χ4v) is 5.56. The molecule has 5 rings (SSSR count). The first-order valence-corrected chi connectivity index (χ1v) is 11.4. The highest BCUT2D eigenvalue weighted by Gasteiger charge is 2.42. The molecular weight excluding hydrogens is 480 g/mol. The molecule has 3 aromatic rings. The standard InChI is InChI=1S/C23H21BrN2O4S/c1-27-18-9-8-14(21(28-2)22(18)29-3)23-26-16(13-6-4-5-7-17(13)30-23)12-15(25-26)19-10-11-20(24)31-19/h4-11,16,23H,12H2,1-3H3/t16-,23-/m0/s1. The molecule has 2 aliphatic rings. The summed E-state index contributed by atoms with van der Waals surface area (Å²) in [5, 5.41) is 7.05. The Morgan fingerprint density at radius 1 is 0.968 bits per heavy atom. The first-order valence-electron chi connectivity index (χ1n) is 9.80. The maximum Gasteiger partial charge on any atom is 0.217 e. The van der Waals surface area contributed by atoms with Crippen molar-refractivity contribution in [3.05, 3.63) is 68.3 Å². The summed E-state index contributed by atoms with van der Waals surface area (Å²) >= 11 is 5.25. The molecule has 0 saturated heterocycles. The predicted molar refractivity (Wildman–Crippen MR) is 124 cm³/mol. The predicted octanol–water partition coefficient (Wildman–Crippen LogP) is 5.78. The number of benzene rings is 2. The number of hydrazone groups is 1. The average molecular weight is 501 g/mol. The van der Waals surface area contributed by atoms with Crippen LogP contribution in [0, 0.1) is 0 Å². The van der Waals surface area contributed by atoms with Gasteiger partial charge in [-0.25, -0.2) is 5.01 Å². The molecule has 0 spiro atoms. The van der Waals surface area contributed by atoms with Crippen molar-refractivity contribution < 1.29 is 18.9 Å². The highest BCUT2D eigenvalue weighted by molar-refractivity contribution is 9.11. The molecule has 3 heterocycles. The Hall–Kier alpha value is -2.71. The third-order valence-electron chi connectivity index (χ3n) is 5.56. The maximum absolute atomic E-state index is 6.47. The van der Waals surface area contributed by atoms with Crippen molar-refractivity contribution in [1.29, 1.82) is 0 Å². The van der Waals surface area contributed by atoms with Gasteiger partial charge in [-0.05, 0) is 46.3 Å². The number of methoxy groups -OCH3 is 3. The number of nitrogens with zero attached hydrogens (tertiary/aromatic N) is 2. The van der Waals surface area contributed by atoms with Crippen molar-refractivity contribution in [1.82, 2.24) is 5.01 Å². The lowest BCUT2D eigenvalue weighted by Gasteiger charge is -2.38. The van der Waals surface area contributed by atoms with E-state index in [4.69, 9.17) is 24.0 Å². The molecule has 0 N–H and O–H groups in total. The van der Waals surface area contributed by atoms with Gasteiger partial charge in [0.05, 0.1) is 47.3 Å². The molecule has 0 fully saturated rings. The van der Waals surface area contributed by atoms with Gasteiger partial charge < -0.3 is 18.9 Å². The third kappa shape index (κ3) is 3.34. The molecule has 0 bridgehead atoms. The normalized spacial score (nSPS) is 19.2. The van der Waals surface area contributed by atoms with Gasteiger partial charge in [0, 0.05) is 12.0 Å². The lowest BCUT2D eigenvalue weighted by Crippen LogP contribution is -2.34. The molecular formula is C23H21BrN2O4S. The highest BCUT2D eigenvalue weighted by Crippen LogP contribution is 2.51. The van der Waals surface area contributed by atoms with Crippen LogP contribution in [0.1, 0.15) is 34.7 Å². The summed E-state index contributed by atoms with van der Waals surface area (Å²) in [6, 6.07) is 16.2. The monoisotopic (exact) mass is 500 g/mol. The molecule has 0 aliphatic carbocycles. The zero-order valence-corrected chi connectivity index (χ0v) is 19.7. The summed E-state index contributed by atoms with van der Waals surface area (Å²) < 4.78 is 24.4. The minimum atomic E-state index is -0.462. The van der Waals surface area contributed by atoms with Gasteiger partial charge in [0.2, 0.25) is 12.0 Å². The lowest BCUT2D eigenvalue weighted by atomic mass is 9.97. The number of fused-ring (bicyclic) bond motifs is 3. The molecule has 0 radical (unpaired) electrons. The molecule has 1 aromatic heterocycles. The Bertz CT molecular complexity index is 1160. The van der Waals surface area contributed by atoms with Gasteiger partial charge in [0.1, 0.15) is 5.75 Å². The lowest BCUT2D eigenvalue weighted by molar-refractivity contribution is -0.0205. The fourth-order valence-electron chi connectivity index (χ4n) is 4.18. The number of halogens is 1. The van der Waals surface area contributed by atoms with Crippen molar-refractivity contribution in [2.24, 2.45) is 5.10 Å². The quantitative estimate of drug-likeness (QED) is 0.444. The van der Waals surface area contributed by atoms with Gasteiger partial charge in [-0.15, -0.1) is 11.3 Å². The van der Waals surface area contributed by atoms with Crippen molar-refractivity contribution >= 4 is 33.0 Å². The van der Waals surface area contributed by atoms with Gasteiger partial charge in [-0.2, -0.15) is 5.10 Å². The number of ether oxygens (including phenoxy) is 4.